The minimum atomic E-state index is -3.93. The molecule has 0 spiro atoms. The van der Waals surface area contributed by atoms with E-state index in [2.05, 4.69) is 0 Å². The summed E-state index contributed by atoms with van der Waals surface area (Å²) in [4.78, 5) is -0.403. The van der Waals surface area contributed by atoms with E-state index < -0.39 is 26.2 Å². The fraction of sp³-hybridized carbons (Fsp3) is 0.538. The standard InChI is InChI=1S/C13H20ClFN2O2S/c1-4-17(9-13(2,3)8-16)20(18,19)11-7-5-6-10(14)12(11)15/h5-7H,4,8-9,16H2,1-3H3. The van der Waals surface area contributed by atoms with Gasteiger partial charge in [-0.25, -0.2) is 12.8 Å². The second-order valence-electron chi connectivity index (χ2n) is 5.35. The number of rotatable bonds is 6. The van der Waals surface area contributed by atoms with Gasteiger partial charge in [-0.2, -0.15) is 4.31 Å². The first-order chi connectivity index (χ1) is 9.15. The molecule has 1 aromatic rings. The van der Waals surface area contributed by atoms with Gasteiger partial charge in [0.25, 0.3) is 0 Å². The second kappa shape index (κ2) is 6.39. The lowest BCUT2D eigenvalue weighted by Crippen LogP contribution is -2.42. The zero-order valence-corrected chi connectivity index (χ0v) is 13.4. The quantitative estimate of drug-likeness (QED) is 0.875. The molecule has 0 fully saturated rings. The molecule has 0 radical (unpaired) electrons. The van der Waals surface area contributed by atoms with Crippen LogP contribution >= 0.6 is 11.6 Å². The predicted molar refractivity (Wildman–Crippen MR) is 78.7 cm³/mol. The van der Waals surface area contributed by atoms with Gasteiger partial charge in [0.2, 0.25) is 10.0 Å². The van der Waals surface area contributed by atoms with Crippen LogP contribution in [0.4, 0.5) is 4.39 Å². The highest BCUT2D eigenvalue weighted by atomic mass is 35.5. The highest BCUT2D eigenvalue weighted by Gasteiger charge is 2.31. The lowest BCUT2D eigenvalue weighted by atomic mass is 9.94. The van der Waals surface area contributed by atoms with Crippen molar-refractivity contribution in [3.05, 3.63) is 29.0 Å². The monoisotopic (exact) mass is 322 g/mol. The maximum absolute atomic E-state index is 13.9. The lowest BCUT2D eigenvalue weighted by molar-refractivity contribution is 0.272. The van der Waals surface area contributed by atoms with Crippen LogP contribution in [0.25, 0.3) is 0 Å². The molecule has 20 heavy (non-hydrogen) atoms. The highest BCUT2D eigenvalue weighted by Crippen LogP contribution is 2.26. The number of nitrogens with two attached hydrogens (primary N) is 1. The van der Waals surface area contributed by atoms with E-state index in [1.165, 1.54) is 22.5 Å². The third kappa shape index (κ3) is 3.69. The van der Waals surface area contributed by atoms with Gasteiger partial charge in [0, 0.05) is 13.1 Å². The van der Waals surface area contributed by atoms with Gasteiger partial charge in [-0.15, -0.1) is 0 Å². The zero-order chi connectivity index (χ0) is 15.6. The lowest BCUT2D eigenvalue weighted by Gasteiger charge is -2.30. The fourth-order valence-corrected chi connectivity index (χ4v) is 3.69. The molecule has 0 amide bonds. The number of hydrogen-bond acceptors (Lipinski definition) is 3. The first-order valence-electron chi connectivity index (χ1n) is 6.30. The molecular formula is C13H20ClFN2O2S. The molecular weight excluding hydrogens is 303 g/mol. The number of sulfonamides is 1. The van der Waals surface area contributed by atoms with E-state index in [4.69, 9.17) is 17.3 Å². The first kappa shape index (κ1) is 17.4. The van der Waals surface area contributed by atoms with Crippen molar-refractivity contribution in [2.75, 3.05) is 19.6 Å². The summed E-state index contributed by atoms with van der Waals surface area (Å²) in [5.41, 5.74) is 5.24. The third-order valence-corrected chi connectivity index (χ3v) is 5.27. The Labute approximate surface area is 124 Å². The van der Waals surface area contributed by atoms with Crippen molar-refractivity contribution in [1.29, 1.82) is 0 Å². The number of hydrogen-bond donors (Lipinski definition) is 1. The average molecular weight is 323 g/mol. The van der Waals surface area contributed by atoms with Crippen LogP contribution in [-0.4, -0.2) is 32.4 Å². The largest absolute Gasteiger partial charge is 0.330 e. The molecule has 0 atom stereocenters. The minimum absolute atomic E-state index is 0.208. The maximum atomic E-state index is 13.9. The van der Waals surface area contributed by atoms with Gasteiger partial charge in [-0.3, -0.25) is 0 Å². The van der Waals surface area contributed by atoms with Crippen molar-refractivity contribution < 1.29 is 12.8 Å². The van der Waals surface area contributed by atoms with E-state index in [0.717, 1.165) is 0 Å². The molecule has 0 saturated carbocycles. The summed E-state index contributed by atoms with van der Waals surface area (Å²) in [6.45, 7) is 6.20. The summed E-state index contributed by atoms with van der Waals surface area (Å²) in [5.74, 6) is -0.918. The van der Waals surface area contributed by atoms with Gasteiger partial charge in [0.15, 0.2) is 5.82 Å². The van der Waals surface area contributed by atoms with Crippen LogP contribution in [0.5, 0.6) is 0 Å². The molecule has 114 valence electrons. The van der Waals surface area contributed by atoms with Crippen molar-refractivity contribution in [2.24, 2.45) is 11.1 Å². The Morgan fingerprint density at radius 1 is 1.40 bits per heavy atom. The Bertz CT molecular complexity index is 576. The summed E-state index contributed by atoms with van der Waals surface area (Å²) in [7, 11) is -3.93. The summed E-state index contributed by atoms with van der Waals surface area (Å²) < 4.78 is 40.2. The van der Waals surface area contributed by atoms with Crippen LogP contribution in [0.2, 0.25) is 5.02 Å². The van der Waals surface area contributed by atoms with Crippen molar-refractivity contribution in [3.8, 4) is 0 Å². The summed E-state index contributed by atoms with van der Waals surface area (Å²) in [6.07, 6.45) is 0. The maximum Gasteiger partial charge on any atom is 0.246 e. The zero-order valence-electron chi connectivity index (χ0n) is 11.9. The van der Waals surface area contributed by atoms with Crippen LogP contribution < -0.4 is 5.73 Å². The molecule has 0 aliphatic heterocycles. The fourth-order valence-electron chi connectivity index (χ4n) is 1.73. The van der Waals surface area contributed by atoms with E-state index in [1.54, 1.807) is 6.92 Å². The molecule has 2 N–H and O–H groups in total. The Morgan fingerprint density at radius 3 is 2.50 bits per heavy atom. The Morgan fingerprint density at radius 2 is 2.00 bits per heavy atom. The first-order valence-corrected chi connectivity index (χ1v) is 8.11. The van der Waals surface area contributed by atoms with E-state index in [-0.39, 0.29) is 18.1 Å². The number of nitrogens with zero attached hydrogens (tertiary/aromatic N) is 1. The minimum Gasteiger partial charge on any atom is -0.330 e. The van der Waals surface area contributed by atoms with Crippen LogP contribution in [0.1, 0.15) is 20.8 Å². The molecule has 0 aromatic heterocycles. The van der Waals surface area contributed by atoms with Crippen molar-refractivity contribution >= 4 is 21.6 Å². The third-order valence-electron chi connectivity index (χ3n) is 3.04. The summed E-state index contributed by atoms with van der Waals surface area (Å²) >= 11 is 5.65. The van der Waals surface area contributed by atoms with E-state index in [0.29, 0.717) is 6.54 Å². The predicted octanol–water partition coefficient (Wildman–Crippen LogP) is 2.47. The average Bonchev–Trinajstić information content (AvgIpc) is 2.38. The van der Waals surface area contributed by atoms with Gasteiger partial charge in [0.05, 0.1) is 5.02 Å². The summed E-state index contributed by atoms with van der Waals surface area (Å²) in [6, 6.07) is 3.95. The molecule has 1 rings (SSSR count). The molecule has 0 aliphatic rings. The Balaban J connectivity index is 3.23. The van der Waals surface area contributed by atoms with Crippen molar-refractivity contribution in [3.63, 3.8) is 0 Å². The second-order valence-corrected chi connectivity index (χ2v) is 7.67. The van der Waals surface area contributed by atoms with Crippen LogP contribution in [0.15, 0.2) is 23.1 Å². The topological polar surface area (TPSA) is 63.4 Å². The Kier molecular flexibility index (Phi) is 5.54. The molecule has 1 aromatic carbocycles. The summed E-state index contributed by atoms with van der Waals surface area (Å²) in [5, 5.41) is -0.208. The smallest absolute Gasteiger partial charge is 0.246 e. The van der Waals surface area contributed by atoms with E-state index >= 15 is 0 Å². The molecule has 0 unspecified atom stereocenters. The van der Waals surface area contributed by atoms with Gasteiger partial charge < -0.3 is 5.73 Å². The molecule has 0 bridgehead atoms. The van der Waals surface area contributed by atoms with Crippen LogP contribution in [0, 0.1) is 11.2 Å². The normalized spacial score (nSPS) is 12.9. The Hall–Kier alpha value is -0.690. The van der Waals surface area contributed by atoms with E-state index in [9.17, 15) is 12.8 Å². The molecule has 4 nitrogen and oxygen atoms in total. The van der Waals surface area contributed by atoms with Crippen LogP contribution in [0.3, 0.4) is 0 Å². The van der Waals surface area contributed by atoms with Gasteiger partial charge in [-0.05, 0) is 24.1 Å². The van der Waals surface area contributed by atoms with Crippen molar-refractivity contribution in [2.45, 2.75) is 25.7 Å². The molecule has 0 heterocycles. The molecule has 7 heteroatoms. The van der Waals surface area contributed by atoms with Gasteiger partial charge in [-0.1, -0.05) is 38.4 Å². The van der Waals surface area contributed by atoms with Crippen molar-refractivity contribution in [1.82, 2.24) is 4.31 Å². The molecule has 0 aliphatic carbocycles. The van der Waals surface area contributed by atoms with Crippen LogP contribution in [-0.2, 0) is 10.0 Å². The number of halogens is 2. The highest BCUT2D eigenvalue weighted by molar-refractivity contribution is 7.89. The van der Waals surface area contributed by atoms with Gasteiger partial charge >= 0.3 is 0 Å². The van der Waals surface area contributed by atoms with E-state index in [1.807, 2.05) is 13.8 Å². The molecule has 0 saturated heterocycles. The van der Waals surface area contributed by atoms with Gasteiger partial charge in [0.1, 0.15) is 4.90 Å². The SMILES string of the molecule is CCN(CC(C)(C)CN)S(=O)(=O)c1cccc(Cl)c1F. The number of benzene rings is 1.